The van der Waals surface area contributed by atoms with E-state index in [0.717, 1.165) is 18.8 Å². The zero-order valence-electron chi connectivity index (χ0n) is 11.3. The third-order valence-electron chi connectivity index (χ3n) is 3.40. The molecule has 2 aromatic rings. The Morgan fingerprint density at radius 2 is 2.10 bits per heavy atom. The van der Waals surface area contributed by atoms with Crippen LogP contribution in [0.25, 0.3) is 0 Å². The SMILES string of the molecule is CCC(=O)Nc1ccc(N2CCc3ccccc32)nn1. The number of hydrogen-bond donors (Lipinski definition) is 1. The fourth-order valence-electron chi connectivity index (χ4n) is 2.34. The van der Waals surface area contributed by atoms with Crippen molar-refractivity contribution in [1.82, 2.24) is 10.2 Å². The van der Waals surface area contributed by atoms with Crippen molar-refractivity contribution < 1.29 is 4.79 Å². The van der Waals surface area contributed by atoms with E-state index in [1.54, 1.807) is 13.0 Å². The zero-order chi connectivity index (χ0) is 13.9. The molecule has 1 N–H and O–H groups in total. The Labute approximate surface area is 117 Å². The summed E-state index contributed by atoms with van der Waals surface area (Å²) in [6, 6.07) is 12.0. The Morgan fingerprint density at radius 3 is 2.85 bits per heavy atom. The van der Waals surface area contributed by atoms with Gasteiger partial charge in [0, 0.05) is 18.7 Å². The molecule has 0 saturated carbocycles. The molecule has 0 fully saturated rings. The molecule has 2 heterocycles. The lowest BCUT2D eigenvalue weighted by atomic mass is 10.2. The van der Waals surface area contributed by atoms with Gasteiger partial charge in [0.25, 0.3) is 0 Å². The highest BCUT2D eigenvalue weighted by Crippen LogP contribution is 2.32. The van der Waals surface area contributed by atoms with Gasteiger partial charge in [-0.3, -0.25) is 4.79 Å². The minimum Gasteiger partial charge on any atom is -0.324 e. The van der Waals surface area contributed by atoms with E-state index in [0.29, 0.717) is 12.2 Å². The van der Waals surface area contributed by atoms with Gasteiger partial charge in [-0.15, -0.1) is 10.2 Å². The molecule has 1 amide bonds. The Bertz CT molecular complexity index is 624. The molecule has 3 rings (SSSR count). The highest BCUT2D eigenvalue weighted by atomic mass is 16.1. The quantitative estimate of drug-likeness (QED) is 0.929. The van der Waals surface area contributed by atoms with E-state index < -0.39 is 0 Å². The first-order chi connectivity index (χ1) is 9.78. The monoisotopic (exact) mass is 268 g/mol. The number of anilines is 3. The Hall–Kier alpha value is -2.43. The summed E-state index contributed by atoms with van der Waals surface area (Å²) in [5, 5.41) is 11.0. The minimum atomic E-state index is -0.0569. The van der Waals surface area contributed by atoms with Crippen LogP contribution in [-0.4, -0.2) is 22.6 Å². The van der Waals surface area contributed by atoms with Crippen molar-refractivity contribution in [2.24, 2.45) is 0 Å². The molecule has 5 nitrogen and oxygen atoms in total. The number of amides is 1. The number of para-hydroxylation sites is 1. The average molecular weight is 268 g/mol. The van der Waals surface area contributed by atoms with E-state index in [1.807, 2.05) is 12.1 Å². The maximum Gasteiger partial charge on any atom is 0.225 e. The molecular formula is C15H16N4O. The van der Waals surface area contributed by atoms with Crippen LogP contribution in [0.4, 0.5) is 17.3 Å². The summed E-state index contributed by atoms with van der Waals surface area (Å²) in [6.45, 7) is 2.72. The summed E-state index contributed by atoms with van der Waals surface area (Å²) in [4.78, 5) is 13.4. The van der Waals surface area contributed by atoms with Crippen molar-refractivity contribution >= 4 is 23.2 Å². The molecule has 0 saturated heterocycles. The normalized spacial score (nSPS) is 13.2. The fraction of sp³-hybridized carbons (Fsp3) is 0.267. The van der Waals surface area contributed by atoms with Crippen LogP contribution in [0, 0.1) is 0 Å². The zero-order valence-corrected chi connectivity index (χ0v) is 11.3. The molecule has 0 atom stereocenters. The minimum absolute atomic E-state index is 0.0569. The van der Waals surface area contributed by atoms with Crippen LogP contribution in [-0.2, 0) is 11.2 Å². The molecule has 1 aromatic carbocycles. The number of nitrogens with one attached hydrogen (secondary N) is 1. The van der Waals surface area contributed by atoms with E-state index in [1.165, 1.54) is 11.3 Å². The fourth-order valence-corrected chi connectivity index (χ4v) is 2.34. The van der Waals surface area contributed by atoms with Crippen molar-refractivity contribution in [1.29, 1.82) is 0 Å². The molecule has 0 aliphatic carbocycles. The van der Waals surface area contributed by atoms with Gasteiger partial charge in [0.2, 0.25) is 5.91 Å². The molecule has 0 radical (unpaired) electrons. The molecule has 1 aliphatic heterocycles. The van der Waals surface area contributed by atoms with Gasteiger partial charge in [0.1, 0.15) is 0 Å². The van der Waals surface area contributed by atoms with Gasteiger partial charge < -0.3 is 10.2 Å². The van der Waals surface area contributed by atoms with E-state index in [9.17, 15) is 4.79 Å². The first kappa shape index (κ1) is 12.6. The van der Waals surface area contributed by atoms with Crippen molar-refractivity contribution in [3.05, 3.63) is 42.0 Å². The summed E-state index contributed by atoms with van der Waals surface area (Å²) in [6.07, 6.45) is 1.45. The van der Waals surface area contributed by atoms with E-state index >= 15 is 0 Å². The smallest absolute Gasteiger partial charge is 0.225 e. The first-order valence-corrected chi connectivity index (χ1v) is 6.77. The number of hydrogen-bond acceptors (Lipinski definition) is 4. The third-order valence-corrected chi connectivity index (χ3v) is 3.40. The van der Waals surface area contributed by atoms with Crippen molar-refractivity contribution in [2.45, 2.75) is 19.8 Å². The van der Waals surface area contributed by atoms with Crippen LogP contribution in [0.5, 0.6) is 0 Å². The number of aromatic nitrogens is 2. The number of rotatable bonds is 3. The van der Waals surface area contributed by atoms with Gasteiger partial charge in [-0.05, 0) is 30.2 Å². The van der Waals surface area contributed by atoms with E-state index in [2.05, 4.69) is 38.6 Å². The van der Waals surface area contributed by atoms with Crippen molar-refractivity contribution in [2.75, 3.05) is 16.8 Å². The van der Waals surface area contributed by atoms with Gasteiger partial charge in [-0.2, -0.15) is 0 Å². The summed E-state index contributed by atoms with van der Waals surface area (Å²) < 4.78 is 0. The second-order valence-corrected chi connectivity index (χ2v) is 4.71. The molecule has 0 spiro atoms. The highest BCUT2D eigenvalue weighted by Gasteiger charge is 2.20. The van der Waals surface area contributed by atoms with Crippen LogP contribution < -0.4 is 10.2 Å². The van der Waals surface area contributed by atoms with Crippen LogP contribution in [0.2, 0.25) is 0 Å². The molecule has 102 valence electrons. The first-order valence-electron chi connectivity index (χ1n) is 6.77. The predicted octanol–water partition coefficient (Wildman–Crippen LogP) is 2.52. The predicted molar refractivity (Wildman–Crippen MR) is 78.1 cm³/mol. The van der Waals surface area contributed by atoms with Crippen molar-refractivity contribution in [3.63, 3.8) is 0 Å². The Morgan fingerprint density at radius 1 is 1.25 bits per heavy atom. The van der Waals surface area contributed by atoms with E-state index in [4.69, 9.17) is 0 Å². The molecular weight excluding hydrogens is 252 g/mol. The van der Waals surface area contributed by atoms with Gasteiger partial charge in [-0.1, -0.05) is 25.1 Å². The topological polar surface area (TPSA) is 58.1 Å². The average Bonchev–Trinajstić information content (AvgIpc) is 2.92. The second-order valence-electron chi connectivity index (χ2n) is 4.71. The number of carbonyl (C=O) groups is 1. The summed E-state index contributed by atoms with van der Waals surface area (Å²) >= 11 is 0. The second kappa shape index (κ2) is 5.28. The Balaban J connectivity index is 1.81. The highest BCUT2D eigenvalue weighted by molar-refractivity contribution is 5.89. The molecule has 20 heavy (non-hydrogen) atoms. The number of benzene rings is 1. The van der Waals surface area contributed by atoms with Crippen LogP contribution in [0.15, 0.2) is 36.4 Å². The summed E-state index contributed by atoms with van der Waals surface area (Å²) in [5.41, 5.74) is 2.52. The Kier molecular flexibility index (Phi) is 3.33. The van der Waals surface area contributed by atoms with Crippen LogP contribution in [0.3, 0.4) is 0 Å². The molecule has 1 aromatic heterocycles. The molecule has 0 bridgehead atoms. The maximum atomic E-state index is 11.3. The van der Waals surface area contributed by atoms with Gasteiger partial charge in [0.05, 0.1) is 0 Å². The summed E-state index contributed by atoms with van der Waals surface area (Å²) in [5.74, 6) is 1.25. The largest absolute Gasteiger partial charge is 0.324 e. The van der Waals surface area contributed by atoms with Gasteiger partial charge in [0.15, 0.2) is 11.6 Å². The number of nitrogens with zero attached hydrogens (tertiary/aromatic N) is 3. The third kappa shape index (κ3) is 2.34. The van der Waals surface area contributed by atoms with Crippen molar-refractivity contribution in [3.8, 4) is 0 Å². The van der Waals surface area contributed by atoms with E-state index in [-0.39, 0.29) is 5.91 Å². The summed E-state index contributed by atoms with van der Waals surface area (Å²) in [7, 11) is 0. The maximum absolute atomic E-state index is 11.3. The van der Waals surface area contributed by atoms with Crippen LogP contribution in [0.1, 0.15) is 18.9 Å². The lowest BCUT2D eigenvalue weighted by molar-refractivity contribution is -0.115. The lowest BCUT2D eigenvalue weighted by Gasteiger charge is -2.17. The standard InChI is InChI=1S/C15H16N4O/c1-2-15(20)16-13-7-8-14(18-17-13)19-10-9-11-5-3-4-6-12(11)19/h3-8H,2,9-10H2,1H3,(H,16,17,20). The van der Waals surface area contributed by atoms with Gasteiger partial charge >= 0.3 is 0 Å². The lowest BCUT2D eigenvalue weighted by Crippen LogP contribution is -2.16. The molecule has 1 aliphatic rings. The van der Waals surface area contributed by atoms with Crippen LogP contribution >= 0.6 is 0 Å². The van der Waals surface area contributed by atoms with Gasteiger partial charge in [-0.25, -0.2) is 0 Å². The number of fused-ring (bicyclic) bond motifs is 1. The molecule has 5 heteroatoms. The molecule has 0 unspecified atom stereocenters. The number of carbonyl (C=O) groups excluding carboxylic acids is 1.